The van der Waals surface area contributed by atoms with Crippen LogP contribution in [0.1, 0.15) is 21.7 Å². The van der Waals surface area contributed by atoms with Gasteiger partial charge in [0.2, 0.25) is 0 Å². The quantitative estimate of drug-likeness (QED) is 0.645. The SMILES string of the molecule is Cc1c(C(=O)Nc2ccc(Cl)cc2C(F)(F)F)oc2ccccc12. The number of anilines is 1. The Morgan fingerprint density at radius 2 is 1.88 bits per heavy atom. The molecule has 0 atom stereocenters. The molecular weight excluding hydrogens is 343 g/mol. The number of nitrogens with one attached hydrogen (secondary N) is 1. The molecule has 1 N–H and O–H groups in total. The van der Waals surface area contributed by atoms with Crippen molar-refractivity contribution in [2.24, 2.45) is 0 Å². The van der Waals surface area contributed by atoms with Gasteiger partial charge in [0.05, 0.1) is 11.3 Å². The van der Waals surface area contributed by atoms with Crippen molar-refractivity contribution in [3.05, 3.63) is 64.4 Å². The monoisotopic (exact) mass is 353 g/mol. The molecule has 3 aromatic rings. The maximum Gasteiger partial charge on any atom is 0.418 e. The van der Waals surface area contributed by atoms with Crippen LogP contribution < -0.4 is 5.32 Å². The maximum atomic E-state index is 13.1. The second kappa shape index (κ2) is 5.87. The van der Waals surface area contributed by atoms with Crippen LogP contribution >= 0.6 is 11.6 Å². The molecular formula is C17H11ClF3NO2. The number of rotatable bonds is 2. The Morgan fingerprint density at radius 1 is 1.17 bits per heavy atom. The van der Waals surface area contributed by atoms with Crippen LogP contribution in [0.25, 0.3) is 11.0 Å². The van der Waals surface area contributed by atoms with E-state index in [0.717, 1.165) is 17.5 Å². The van der Waals surface area contributed by atoms with Crippen molar-refractivity contribution < 1.29 is 22.4 Å². The zero-order valence-electron chi connectivity index (χ0n) is 12.4. The minimum absolute atomic E-state index is 0.0284. The fourth-order valence-corrected chi connectivity index (χ4v) is 2.60. The molecule has 0 bridgehead atoms. The molecule has 0 unspecified atom stereocenters. The number of fused-ring (bicyclic) bond motifs is 1. The average Bonchev–Trinajstić information content (AvgIpc) is 2.86. The summed E-state index contributed by atoms with van der Waals surface area (Å²) >= 11 is 5.62. The highest BCUT2D eigenvalue weighted by atomic mass is 35.5. The normalized spacial score (nSPS) is 11.7. The molecule has 0 spiro atoms. The summed E-state index contributed by atoms with van der Waals surface area (Å²) in [4.78, 5) is 12.4. The molecule has 1 aromatic heterocycles. The first-order valence-electron chi connectivity index (χ1n) is 6.93. The number of carbonyl (C=O) groups excluding carboxylic acids is 1. The van der Waals surface area contributed by atoms with Crippen LogP contribution in [0, 0.1) is 6.92 Å². The smallest absolute Gasteiger partial charge is 0.418 e. The third-order valence-corrected chi connectivity index (χ3v) is 3.82. The zero-order valence-corrected chi connectivity index (χ0v) is 13.1. The molecule has 24 heavy (non-hydrogen) atoms. The van der Waals surface area contributed by atoms with Gasteiger partial charge >= 0.3 is 6.18 Å². The van der Waals surface area contributed by atoms with Gasteiger partial charge in [0.1, 0.15) is 5.58 Å². The Kier molecular flexibility index (Phi) is 4.01. The fourth-order valence-electron chi connectivity index (χ4n) is 2.43. The molecule has 3 nitrogen and oxygen atoms in total. The lowest BCUT2D eigenvalue weighted by atomic mass is 10.1. The second-order valence-corrected chi connectivity index (χ2v) is 5.63. The van der Waals surface area contributed by atoms with E-state index in [0.29, 0.717) is 11.1 Å². The highest BCUT2D eigenvalue weighted by Crippen LogP contribution is 2.37. The number of furan rings is 1. The molecule has 1 heterocycles. The van der Waals surface area contributed by atoms with E-state index in [1.54, 1.807) is 31.2 Å². The van der Waals surface area contributed by atoms with Gasteiger partial charge in [0.15, 0.2) is 5.76 Å². The Labute approximate surface area is 140 Å². The van der Waals surface area contributed by atoms with Gasteiger partial charge in [0, 0.05) is 16.0 Å². The lowest BCUT2D eigenvalue weighted by molar-refractivity contribution is -0.136. The summed E-state index contributed by atoms with van der Waals surface area (Å²) in [5.41, 5.74) is -0.341. The van der Waals surface area contributed by atoms with E-state index in [9.17, 15) is 18.0 Å². The fraction of sp³-hybridized carbons (Fsp3) is 0.118. The molecule has 3 rings (SSSR count). The molecule has 7 heteroatoms. The van der Waals surface area contributed by atoms with Crippen molar-refractivity contribution in [3.8, 4) is 0 Å². The van der Waals surface area contributed by atoms with E-state index in [1.165, 1.54) is 6.07 Å². The molecule has 124 valence electrons. The Hall–Kier alpha value is -2.47. The number of benzene rings is 2. The van der Waals surface area contributed by atoms with Crippen molar-refractivity contribution in [3.63, 3.8) is 0 Å². The minimum atomic E-state index is -4.64. The predicted molar refractivity (Wildman–Crippen MR) is 85.4 cm³/mol. The molecule has 2 aromatic carbocycles. The molecule has 0 radical (unpaired) electrons. The van der Waals surface area contributed by atoms with Crippen molar-refractivity contribution in [1.29, 1.82) is 0 Å². The first-order valence-corrected chi connectivity index (χ1v) is 7.31. The summed E-state index contributed by atoms with van der Waals surface area (Å²) in [6.07, 6.45) is -4.64. The summed E-state index contributed by atoms with van der Waals surface area (Å²) in [6, 6.07) is 10.1. The van der Waals surface area contributed by atoms with Crippen LogP contribution in [0.2, 0.25) is 5.02 Å². The van der Waals surface area contributed by atoms with Gasteiger partial charge in [-0.05, 0) is 31.2 Å². The number of aryl methyl sites for hydroxylation is 1. The van der Waals surface area contributed by atoms with E-state index in [-0.39, 0.29) is 16.5 Å². The van der Waals surface area contributed by atoms with Crippen molar-refractivity contribution in [1.82, 2.24) is 0 Å². The van der Waals surface area contributed by atoms with Crippen LogP contribution in [-0.2, 0) is 6.18 Å². The van der Waals surface area contributed by atoms with Crippen molar-refractivity contribution >= 4 is 34.2 Å². The average molecular weight is 354 g/mol. The second-order valence-electron chi connectivity index (χ2n) is 5.19. The number of halogens is 4. The molecule has 0 saturated carbocycles. The summed E-state index contributed by atoms with van der Waals surface area (Å²) in [5.74, 6) is -0.782. The highest BCUT2D eigenvalue weighted by Gasteiger charge is 2.34. The molecule has 0 saturated heterocycles. The topological polar surface area (TPSA) is 42.2 Å². The van der Waals surface area contributed by atoms with Gasteiger partial charge in [-0.25, -0.2) is 0 Å². The first kappa shape index (κ1) is 16.4. The molecule has 0 aliphatic heterocycles. The summed E-state index contributed by atoms with van der Waals surface area (Å²) in [6.45, 7) is 1.67. The Balaban J connectivity index is 1.99. The first-order chi connectivity index (χ1) is 11.3. The largest absolute Gasteiger partial charge is 0.451 e. The van der Waals surface area contributed by atoms with E-state index >= 15 is 0 Å². The van der Waals surface area contributed by atoms with Crippen molar-refractivity contribution in [2.75, 3.05) is 5.32 Å². The van der Waals surface area contributed by atoms with Crippen LogP contribution in [-0.4, -0.2) is 5.91 Å². The number of carbonyl (C=O) groups is 1. The van der Waals surface area contributed by atoms with Crippen LogP contribution in [0.15, 0.2) is 46.9 Å². The van der Waals surface area contributed by atoms with Crippen LogP contribution in [0.4, 0.5) is 18.9 Å². The number of para-hydroxylation sites is 1. The minimum Gasteiger partial charge on any atom is -0.451 e. The van der Waals surface area contributed by atoms with Gasteiger partial charge in [-0.2, -0.15) is 13.2 Å². The number of alkyl halides is 3. The Morgan fingerprint density at radius 3 is 2.54 bits per heavy atom. The van der Waals surface area contributed by atoms with E-state index in [2.05, 4.69) is 5.32 Å². The molecule has 0 aliphatic rings. The molecule has 1 amide bonds. The zero-order chi connectivity index (χ0) is 17.5. The van der Waals surface area contributed by atoms with Gasteiger partial charge < -0.3 is 9.73 Å². The standard InChI is InChI=1S/C17H11ClF3NO2/c1-9-11-4-2-3-5-14(11)24-15(9)16(23)22-13-7-6-10(18)8-12(13)17(19,20)21/h2-8H,1H3,(H,22,23). The highest BCUT2D eigenvalue weighted by molar-refractivity contribution is 6.30. The third kappa shape index (κ3) is 2.97. The van der Waals surface area contributed by atoms with Crippen LogP contribution in [0.3, 0.4) is 0 Å². The van der Waals surface area contributed by atoms with Gasteiger partial charge in [0.25, 0.3) is 5.91 Å². The van der Waals surface area contributed by atoms with Gasteiger partial charge in [-0.15, -0.1) is 0 Å². The summed E-state index contributed by atoms with van der Waals surface area (Å²) in [7, 11) is 0. The molecule has 0 fully saturated rings. The third-order valence-electron chi connectivity index (χ3n) is 3.59. The number of hydrogen-bond acceptors (Lipinski definition) is 2. The van der Waals surface area contributed by atoms with Crippen LogP contribution in [0.5, 0.6) is 0 Å². The van der Waals surface area contributed by atoms with E-state index in [1.807, 2.05) is 0 Å². The Bertz CT molecular complexity index is 931. The number of hydrogen-bond donors (Lipinski definition) is 1. The lowest BCUT2D eigenvalue weighted by Gasteiger charge is -2.13. The molecule has 0 aliphatic carbocycles. The van der Waals surface area contributed by atoms with Crippen molar-refractivity contribution in [2.45, 2.75) is 13.1 Å². The van der Waals surface area contributed by atoms with Gasteiger partial charge in [-0.3, -0.25) is 4.79 Å². The lowest BCUT2D eigenvalue weighted by Crippen LogP contribution is -2.16. The van der Waals surface area contributed by atoms with E-state index < -0.39 is 17.6 Å². The predicted octanol–water partition coefficient (Wildman–Crippen LogP) is 5.67. The summed E-state index contributed by atoms with van der Waals surface area (Å²) in [5, 5.41) is 2.91. The maximum absolute atomic E-state index is 13.1. The summed E-state index contributed by atoms with van der Waals surface area (Å²) < 4.78 is 44.7. The number of amides is 1. The van der Waals surface area contributed by atoms with Gasteiger partial charge in [-0.1, -0.05) is 29.8 Å². The van der Waals surface area contributed by atoms with E-state index in [4.69, 9.17) is 16.0 Å².